The summed E-state index contributed by atoms with van der Waals surface area (Å²) in [5, 5.41) is 18.6. The molecule has 1 spiro atoms. The fraction of sp³-hybridized carbons (Fsp3) is 0.625. The maximum Gasteiger partial charge on any atom is 0.0750 e. The van der Waals surface area contributed by atoms with E-state index in [-0.39, 0.29) is 16.9 Å². The zero-order valence-corrected chi connectivity index (χ0v) is 13.1. The third-order valence-corrected chi connectivity index (χ3v) is 5.08. The van der Waals surface area contributed by atoms with Crippen molar-refractivity contribution in [3.8, 4) is 0 Å². The molecule has 0 amide bonds. The Bertz CT molecular complexity index is 526. The molecule has 110 valence electrons. The van der Waals surface area contributed by atoms with Crippen LogP contribution in [0.5, 0.6) is 0 Å². The minimum absolute atomic E-state index is 0.0487. The van der Waals surface area contributed by atoms with Gasteiger partial charge in [-0.05, 0) is 42.1 Å². The van der Waals surface area contributed by atoms with Gasteiger partial charge in [-0.25, -0.2) is 0 Å². The van der Waals surface area contributed by atoms with Crippen molar-refractivity contribution in [3.63, 3.8) is 0 Å². The van der Waals surface area contributed by atoms with Crippen LogP contribution in [0.3, 0.4) is 0 Å². The second-order valence-electron chi connectivity index (χ2n) is 7.19. The lowest BCUT2D eigenvalue weighted by Crippen LogP contribution is -2.54. The molecule has 1 fully saturated rings. The van der Waals surface area contributed by atoms with E-state index < -0.39 is 6.10 Å². The van der Waals surface area contributed by atoms with Crippen molar-refractivity contribution < 1.29 is 5.11 Å². The van der Waals surface area contributed by atoms with E-state index in [4.69, 9.17) is 11.6 Å². The molecule has 0 aromatic heterocycles. The summed E-state index contributed by atoms with van der Waals surface area (Å²) in [6.45, 7) is 8.07. The first-order valence-corrected chi connectivity index (χ1v) is 7.68. The molecule has 3 N–H and O–H groups in total. The van der Waals surface area contributed by atoms with Crippen LogP contribution in [0, 0.1) is 5.41 Å². The fourth-order valence-electron chi connectivity index (χ4n) is 3.65. The van der Waals surface area contributed by atoms with E-state index in [1.54, 1.807) is 0 Å². The highest BCUT2D eigenvalue weighted by molar-refractivity contribution is 6.30. The van der Waals surface area contributed by atoms with Gasteiger partial charge in [0.15, 0.2) is 0 Å². The Balaban J connectivity index is 2.03. The molecule has 2 heterocycles. The zero-order chi connectivity index (χ0) is 14.5. The largest absolute Gasteiger partial charge is 0.391 e. The number of anilines is 1. The monoisotopic (exact) mass is 294 g/mol. The quantitative estimate of drug-likeness (QED) is 0.746. The Morgan fingerprint density at radius 1 is 1.40 bits per heavy atom. The molecule has 4 heteroatoms. The first-order valence-electron chi connectivity index (χ1n) is 7.30. The molecular weight excluding hydrogens is 272 g/mol. The van der Waals surface area contributed by atoms with Gasteiger partial charge in [-0.15, -0.1) is 0 Å². The second kappa shape index (κ2) is 4.62. The maximum atomic E-state index is 10.8. The summed E-state index contributed by atoms with van der Waals surface area (Å²) < 4.78 is 0. The van der Waals surface area contributed by atoms with Gasteiger partial charge in [0.1, 0.15) is 0 Å². The number of aliphatic hydroxyl groups excluding tert-OH is 1. The van der Waals surface area contributed by atoms with Crippen molar-refractivity contribution in [1.82, 2.24) is 5.32 Å². The molecule has 0 unspecified atom stereocenters. The molecule has 0 saturated carbocycles. The van der Waals surface area contributed by atoms with E-state index in [2.05, 4.69) is 37.5 Å². The van der Waals surface area contributed by atoms with E-state index >= 15 is 0 Å². The average Bonchev–Trinajstić information content (AvgIpc) is 2.94. The standard InChI is InChI=1S/C16H23ClN2O/c1-15(2,3)14(20)13-16(6-7-18-13)9-19-12-5-4-10(17)8-11(12)16/h4-5,8,13-14,18-20H,6-7,9H2,1-3H3/t13-,14-,16+/m0/s1. The number of benzene rings is 1. The van der Waals surface area contributed by atoms with Crippen molar-refractivity contribution in [2.75, 3.05) is 18.4 Å². The first kappa shape index (κ1) is 14.2. The second-order valence-corrected chi connectivity index (χ2v) is 7.63. The Morgan fingerprint density at radius 2 is 2.15 bits per heavy atom. The summed E-state index contributed by atoms with van der Waals surface area (Å²) in [4.78, 5) is 0. The summed E-state index contributed by atoms with van der Waals surface area (Å²) in [7, 11) is 0. The topological polar surface area (TPSA) is 44.3 Å². The van der Waals surface area contributed by atoms with Crippen LogP contribution in [0.25, 0.3) is 0 Å². The molecular formula is C16H23ClN2O. The van der Waals surface area contributed by atoms with Gasteiger partial charge >= 0.3 is 0 Å². The van der Waals surface area contributed by atoms with Crippen LogP contribution in [0.2, 0.25) is 5.02 Å². The van der Waals surface area contributed by atoms with Gasteiger partial charge in [-0.3, -0.25) is 0 Å². The Hall–Kier alpha value is -0.770. The third kappa shape index (κ3) is 2.03. The SMILES string of the molecule is CC(C)(C)[C@@H](O)[C@@H]1NCC[C@]12CNc1ccc(Cl)cc12. The third-order valence-electron chi connectivity index (χ3n) is 4.85. The van der Waals surface area contributed by atoms with Crippen LogP contribution in [0.15, 0.2) is 18.2 Å². The highest BCUT2D eigenvalue weighted by Gasteiger charge is 2.52. The lowest BCUT2D eigenvalue weighted by molar-refractivity contribution is 0.0169. The summed E-state index contributed by atoms with van der Waals surface area (Å²) in [6.07, 6.45) is 0.641. The molecule has 1 aromatic rings. The number of nitrogens with one attached hydrogen (secondary N) is 2. The molecule has 0 aliphatic carbocycles. The predicted molar refractivity (Wildman–Crippen MR) is 83.5 cm³/mol. The molecule has 2 aliphatic heterocycles. The molecule has 0 bridgehead atoms. The molecule has 20 heavy (non-hydrogen) atoms. The van der Waals surface area contributed by atoms with E-state index in [0.717, 1.165) is 30.2 Å². The molecule has 3 atom stereocenters. The number of rotatable bonds is 1. The van der Waals surface area contributed by atoms with E-state index in [0.29, 0.717) is 0 Å². The van der Waals surface area contributed by atoms with Crippen LogP contribution in [0.4, 0.5) is 5.69 Å². The number of fused-ring (bicyclic) bond motifs is 2. The molecule has 2 aliphatic rings. The lowest BCUT2D eigenvalue weighted by Gasteiger charge is -2.39. The highest BCUT2D eigenvalue weighted by atomic mass is 35.5. The van der Waals surface area contributed by atoms with Crippen molar-refractivity contribution >= 4 is 17.3 Å². The Morgan fingerprint density at radius 3 is 2.85 bits per heavy atom. The number of hydrogen-bond donors (Lipinski definition) is 3. The summed E-state index contributed by atoms with van der Waals surface area (Å²) in [5.74, 6) is 0. The number of aliphatic hydroxyl groups is 1. The van der Waals surface area contributed by atoms with Gasteiger partial charge < -0.3 is 15.7 Å². The van der Waals surface area contributed by atoms with Crippen LogP contribution in [0.1, 0.15) is 32.8 Å². The average molecular weight is 295 g/mol. The summed E-state index contributed by atoms with van der Waals surface area (Å²) in [6, 6.07) is 6.09. The minimum atomic E-state index is -0.392. The predicted octanol–water partition coefficient (Wildman–Crippen LogP) is 2.77. The van der Waals surface area contributed by atoms with Crippen LogP contribution in [-0.4, -0.2) is 30.3 Å². The van der Waals surface area contributed by atoms with Gasteiger partial charge in [0.25, 0.3) is 0 Å². The normalized spacial score (nSPS) is 30.4. The smallest absolute Gasteiger partial charge is 0.0750 e. The zero-order valence-electron chi connectivity index (χ0n) is 12.3. The van der Waals surface area contributed by atoms with Crippen molar-refractivity contribution in [3.05, 3.63) is 28.8 Å². The molecule has 1 saturated heterocycles. The van der Waals surface area contributed by atoms with Crippen LogP contribution < -0.4 is 10.6 Å². The van der Waals surface area contributed by atoms with Crippen molar-refractivity contribution in [1.29, 1.82) is 0 Å². The molecule has 3 rings (SSSR count). The van der Waals surface area contributed by atoms with Gasteiger partial charge in [0.2, 0.25) is 0 Å². The van der Waals surface area contributed by atoms with Crippen LogP contribution >= 0.6 is 11.6 Å². The summed E-state index contributed by atoms with van der Waals surface area (Å²) in [5.41, 5.74) is 2.22. The highest BCUT2D eigenvalue weighted by Crippen LogP contribution is 2.47. The van der Waals surface area contributed by atoms with Gasteiger partial charge in [0, 0.05) is 28.7 Å². The fourth-order valence-corrected chi connectivity index (χ4v) is 3.82. The van der Waals surface area contributed by atoms with E-state index in [1.165, 1.54) is 5.56 Å². The van der Waals surface area contributed by atoms with Gasteiger partial charge in [0.05, 0.1) is 6.10 Å². The van der Waals surface area contributed by atoms with Gasteiger partial charge in [-0.1, -0.05) is 32.4 Å². The number of halogens is 1. The minimum Gasteiger partial charge on any atom is -0.391 e. The Labute approximate surface area is 125 Å². The molecule has 0 radical (unpaired) electrons. The lowest BCUT2D eigenvalue weighted by atomic mass is 9.69. The van der Waals surface area contributed by atoms with Gasteiger partial charge in [-0.2, -0.15) is 0 Å². The number of hydrogen-bond acceptors (Lipinski definition) is 3. The van der Waals surface area contributed by atoms with Crippen LogP contribution in [-0.2, 0) is 5.41 Å². The molecule has 3 nitrogen and oxygen atoms in total. The first-order chi connectivity index (χ1) is 9.34. The van der Waals surface area contributed by atoms with Crippen molar-refractivity contribution in [2.24, 2.45) is 5.41 Å². The van der Waals surface area contributed by atoms with Crippen molar-refractivity contribution in [2.45, 2.75) is 44.8 Å². The molecule has 1 aromatic carbocycles. The van der Waals surface area contributed by atoms with E-state index in [9.17, 15) is 5.11 Å². The summed E-state index contributed by atoms with van der Waals surface area (Å²) >= 11 is 6.19. The van der Waals surface area contributed by atoms with E-state index in [1.807, 2.05) is 12.1 Å². The Kier molecular flexibility index (Phi) is 3.27. The maximum absolute atomic E-state index is 10.8.